The minimum absolute atomic E-state index is 0.120. The van der Waals surface area contributed by atoms with E-state index in [-0.39, 0.29) is 42.2 Å². The van der Waals surface area contributed by atoms with Crippen LogP contribution in [0.3, 0.4) is 0 Å². The van der Waals surface area contributed by atoms with Crippen molar-refractivity contribution in [2.45, 2.75) is 63.5 Å². The molecule has 1 saturated heterocycles. The highest BCUT2D eigenvalue weighted by molar-refractivity contribution is 5.87. The second kappa shape index (κ2) is 8.83. The number of fused-ring (bicyclic) bond motifs is 1. The average molecular weight is 513 g/mol. The Morgan fingerprint density at radius 2 is 1.81 bits per heavy atom. The molecule has 1 aliphatic heterocycles. The monoisotopic (exact) mass is 512 g/mol. The maximum absolute atomic E-state index is 14.8. The van der Waals surface area contributed by atoms with Crippen molar-refractivity contribution >= 4 is 11.2 Å². The summed E-state index contributed by atoms with van der Waals surface area (Å²) in [5, 5.41) is 4.29. The Hall–Kier alpha value is -3.47. The third kappa shape index (κ3) is 4.45. The molecule has 4 heterocycles. The Kier molecular flexibility index (Phi) is 5.70. The minimum Gasteiger partial charge on any atom is -0.373 e. The highest BCUT2D eigenvalue weighted by Crippen LogP contribution is 2.46. The Morgan fingerprint density at radius 3 is 2.57 bits per heavy atom. The van der Waals surface area contributed by atoms with Gasteiger partial charge in [0, 0.05) is 48.8 Å². The molecule has 4 aromatic rings. The molecule has 2 aliphatic rings. The minimum atomic E-state index is -2.63. The Bertz CT molecular complexity index is 1500. The molecule has 0 spiro atoms. The van der Waals surface area contributed by atoms with Crippen molar-refractivity contribution in [1.82, 2.24) is 29.7 Å². The zero-order valence-electron chi connectivity index (χ0n) is 20.3. The maximum atomic E-state index is 14.8. The first-order chi connectivity index (χ1) is 17.7. The summed E-state index contributed by atoms with van der Waals surface area (Å²) >= 11 is 0. The van der Waals surface area contributed by atoms with Crippen molar-refractivity contribution < 1.29 is 22.3 Å². The van der Waals surface area contributed by atoms with E-state index < -0.39 is 17.6 Å². The molecule has 192 valence electrons. The number of aryl methyl sites for hydroxylation is 2. The van der Waals surface area contributed by atoms with Crippen LogP contribution in [0.4, 0.5) is 17.6 Å². The lowest BCUT2D eigenvalue weighted by molar-refractivity contribution is -0.107. The number of halogens is 4. The molecule has 1 aromatic carbocycles. The van der Waals surface area contributed by atoms with Gasteiger partial charge in [-0.2, -0.15) is 5.10 Å². The van der Waals surface area contributed by atoms with Crippen LogP contribution in [-0.4, -0.2) is 42.2 Å². The summed E-state index contributed by atoms with van der Waals surface area (Å²) in [6.45, 7) is 4.05. The van der Waals surface area contributed by atoms with Gasteiger partial charge in [-0.15, -0.1) is 0 Å². The van der Waals surface area contributed by atoms with Gasteiger partial charge in [0.15, 0.2) is 5.65 Å². The molecule has 0 N–H and O–H groups in total. The van der Waals surface area contributed by atoms with Gasteiger partial charge in [0.2, 0.25) is 0 Å². The number of aromatic nitrogens is 6. The van der Waals surface area contributed by atoms with Gasteiger partial charge in [-0.3, -0.25) is 4.68 Å². The summed E-state index contributed by atoms with van der Waals surface area (Å²) in [6.07, 6.45) is 3.85. The van der Waals surface area contributed by atoms with Gasteiger partial charge in [-0.1, -0.05) is 0 Å². The second-order valence-electron chi connectivity index (χ2n) is 9.87. The molecule has 1 saturated carbocycles. The van der Waals surface area contributed by atoms with Crippen molar-refractivity contribution in [3.8, 4) is 11.3 Å². The summed E-state index contributed by atoms with van der Waals surface area (Å²) in [7, 11) is 0. The average Bonchev–Trinajstić information content (AvgIpc) is 3.33. The predicted molar refractivity (Wildman–Crippen MR) is 126 cm³/mol. The summed E-state index contributed by atoms with van der Waals surface area (Å²) in [5.74, 6) is -3.72. The van der Waals surface area contributed by atoms with Gasteiger partial charge in [0.05, 0.1) is 29.7 Å². The van der Waals surface area contributed by atoms with E-state index >= 15 is 0 Å². The lowest BCUT2D eigenvalue weighted by atomic mass is 9.88. The van der Waals surface area contributed by atoms with E-state index in [1.54, 1.807) is 24.0 Å². The fraction of sp³-hybridized carbons (Fsp3) is 0.423. The standard InChI is InChI=1S/C26H24F4N6O/c1-13-14(2)33-25-23(32-13)22(19-4-3-17(27)8-20(19)28)34-24(35-25)15-5-6-37-21(7-15)16-11-31-36(12-16)18-9-26(29,30)10-18/h3-4,8,11-12,15,18,21H,5-7,9-10H2,1-2H3/t15-,21-/m1/s1. The lowest BCUT2D eigenvalue weighted by Gasteiger charge is -2.34. The first-order valence-electron chi connectivity index (χ1n) is 12.2. The van der Waals surface area contributed by atoms with Gasteiger partial charge < -0.3 is 4.74 Å². The van der Waals surface area contributed by atoms with E-state index in [0.29, 0.717) is 47.8 Å². The predicted octanol–water partition coefficient (Wildman–Crippen LogP) is 5.78. The molecular formula is C26H24F4N6O. The van der Waals surface area contributed by atoms with Crippen molar-refractivity contribution in [2.24, 2.45) is 0 Å². The number of benzene rings is 1. The topological polar surface area (TPSA) is 78.6 Å². The molecule has 0 amide bonds. The van der Waals surface area contributed by atoms with E-state index in [0.717, 1.165) is 11.6 Å². The van der Waals surface area contributed by atoms with Crippen molar-refractivity contribution in [1.29, 1.82) is 0 Å². The third-order valence-electron chi connectivity index (χ3n) is 7.23. The van der Waals surface area contributed by atoms with Gasteiger partial charge in [0.1, 0.15) is 28.7 Å². The molecular weight excluding hydrogens is 488 g/mol. The molecule has 37 heavy (non-hydrogen) atoms. The largest absolute Gasteiger partial charge is 0.373 e. The van der Waals surface area contributed by atoms with E-state index in [1.807, 2.05) is 6.92 Å². The van der Waals surface area contributed by atoms with E-state index in [2.05, 4.69) is 15.1 Å². The normalized spacial score (nSPS) is 21.8. The number of alkyl halides is 2. The number of hydrogen-bond donors (Lipinski definition) is 0. The van der Waals surface area contributed by atoms with E-state index in [9.17, 15) is 17.6 Å². The molecule has 3 aromatic heterocycles. The molecule has 0 unspecified atom stereocenters. The van der Waals surface area contributed by atoms with Crippen molar-refractivity contribution in [3.05, 3.63) is 65.0 Å². The van der Waals surface area contributed by atoms with Gasteiger partial charge in [0.25, 0.3) is 5.92 Å². The summed E-state index contributed by atoms with van der Waals surface area (Å²) < 4.78 is 62.6. The number of ether oxygens (including phenoxy) is 1. The summed E-state index contributed by atoms with van der Waals surface area (Å²) in [4.78, 5) is 18.6. The van der Waals surface area contributed by atoms with Gasteiger partial charge in [-0.05, 0) is 38.8 Å². The van der Waals surface area contributed by atoms with Crippen LogP contribution in [-0.2, 0) is 4.74 Å². The fourth-order valence-electron chi connectivity index (χ4n) is 4.98. The Balaban J connectivity index is 1.35. The molecule has 7 nitrogen and oxygen atoms in total. The Labute approximate surface area is 209 Å². The highest BCUT2D eigenvalue weighted by atomic mass is 19.3. The van der Waals surface area contributed by atoms with Crippen LogP contribution in [0.5, 0.6) is 0 Å². The second-order valence-corrected chi connectivity index (χ2v) is 9.87. The quantitative estimate of drug-likeness (QED) is 0.323. The summed E-state index contributed by atoms with van der Waals surface area (Å²) in [5.41, 5.74) is 3.23. The van der Waals surface area contributed by atoms with Crippen molar-refractivity contribution in [2.75, 3.05) is 6.61 Å². The van der Waals surface area contributed by atoms with Crippen molar-refractivity contribution in [3.63, 3.8) is 0 Å². The molecule has 11 heteroatoms. The first kappa shape index (κ1) is 23.9. The van der Waals surface area contributed by atoms with Crippen LogP contribution >= 0.6 is 0 Å². The molecule has 0 bridgehead atoms. The van der Waals surface area contributed by atoms with Crippen LogP contribution in [0.25, 0.3) is 22.4 Å². The number of rotatable bonds is 4. The van der Waals surface area contributed by atoms with Gasteiger partial charge >= 0.3 is 0 Å². The zero-order valence-corrected chi connectivity index (χ0v) is 20.3. The van der Waals surface area contributed by atoms with Crippen LogP contribution in [0.1, 0.15) is 66.5 Å². The first-order valence-corrected chi connectivity index (χ1v) is 12.2. The smallest absolute Gasteiger partial charge is 0.252 e. The third-order valence-corrected chi connectivity index (χ3v) is 7.23. The molecule has 2 atom stereocenters. The molecule has 6 rings (SSSR count). The SMILES string of the molecule is Cc1nc2nc([C@@H]3CCO[C@@H](c4cnn(C5CC(F)(F)C5)c4)C3)nc(-c3ccc(F)cc3F)c2nc1C. The van der Waals surface area contributed by atoms with Gasteiger partial charge in [-0.25, -0.2) is 37.5 Å². The zero-order chi connectivity index (χ0) is 25.9. The van der Waals surface area contributed by atoms with E-state index in [1.165, 1.54) is 12.1 Å². The van der Waals surface area contributed by atoms with Crippen LogP contribution in [0.15, 0.2) is 30.6 Å². The molecule has 2 fully saturated rings. The van der Waals surface area contributed by atoms with Crippen LogP contribution in [0.2, 0.25) is 0 Å². The lowest BCUT2D eigenvalue weighted by Crippen LogP contribution is -2.37. The molecule has 1 aliphatic carbocycles. The van der Waals surface area contributed by atoms with E-state index in [4.69, 9.17) is 14.7 Å². The van der Waals surface area contributed by atoms with Crippen LogP contribution < -0.4 is 0 Å². The highest BCUT2D eigenvalue weighted by Gasteiger charge is 2.46. The number of nitrogens with zero attached hydrogens (tertiary/aromatic N) is 6. The summed E-state index contributed by atoms with van der Waals surface area (Å²) in [6, 6.07) is 3.03. The maximum Gasteiger partial charge on any atom is 0.252 e. The Morgan fingerprint density at radius 1 is 1.03 bits per heavy atom. The fourth-order valence-corrected chi connectivity index (χ4v) is 4.98. The molecule has 0 radical (unpaired) electrons. The van der Waals surface area contributed by atoms with Crippen LogP contribution in [0, 0.1) is 25.5 Å². The number of hydrogen-bond acceptors (Lipinski definition) is 6.